The molecule has 3 heterocycles. The van der Waals surface area contributed by atoms with E-state index in [1.807, 2.05) is 17.1 Å². The molecule has 0 saturated heterocycles. The molecule has 2 aliphatic rings. The van der Waals surface area contributed by atoms with Crippen molar-refractivity contribution in [3.63, 3.8) is 0 Å². The smallest absolute Gasteiger partial charge is 0.229 e. The van der Waals surface area contributed by atoms with Crippen molar-refractivity contribution in [2.24, 2.45) is 11.8 Å². The minimum Gasteiger partial charge on any atom is -0.495 e. The Kier molecular flexibility index (Phi) is 4.19. The first-order valence-electron chi connectivity index (χ1n) is 9.94. The third-order valence-electron chi connectivity index (χ3n) is 6.03. The van der Waals surface area contributed by atoms with Crippen molar-refractivity contribution in [3.8, 4) is 5.75 Å². The maximum absolute atomic E-state index is 5.63. The quantitative estimate of drug-likeness (QED) is 0.735. The predicted octanol–water partition coefficient (Wildman–Crippen LogP) is 3.22. The first-order chi connectivity index (χ1) is 13.6. The SMILES string of the molecule is COc1cc2c(cc1Nc1ncc3cnn(CC4CC4C)c3n1)CN(C)CC2. The van der Waals surface area contributed by atoms with Gasteiger partial charge in [0.1, 0.15) is 5.75 Å². The third kappa shape index (κ3) is 3.20. The highest BCUT2D eigenvalue weighted by atomic mass is 16.5. The Balaban J connectivity index is 1.46. The van der Waals surface area contributed by atoms with E-state index >= 15 is 0 Å². The molecule has 28 heavy (non-hydrogen) atoms. The highest BCUT2D eigenvalue weighted by Crippen LogP contribution is 2.39. The minimum atomic E-state index is 0.570. The number of likely N-dealkylation sites (N-methyl/N-ethyl adjacent to an activating group) is 1. The van der Waals surface area contributed by atoms with Gasteiger partial charge in [-0.3, -0.25) is 0 Å². The van der Waals surface area contributed by atoms with Gasteiger partial charge in [-0.15, -0.1) is 0 Å². The van der Waals surface area contributed by atoms with Crippen LogP contribution >= 0.6 is 0 Å². The van der Waals surface area contributed by atoms with Crippen molar-refractivity contribution in [3.05, 3.63) is 35.7 Å². The molecule has 1 saturated carbocycles. The van der Waals surface area contributed by atoms with Crippen LogP contribution in [0.2, 0.25) is 0 Å². The number of methoxy groups -OCH3 is 1. The Morgan fingerprint density at radius 3 is 2.89 bits per heavy atom. The summed E-state index contributed by atoms with van der Waals surface area (Å²) in [4.78, 5) is 11.6. The van der Waals surface area contributed by atoms with Gasteiger partial charge in [-0.05, 0) is 55.0 Å². The topological polar surface area (TPSA) is 68.1 Å². The molecule has 7 heteroatoms. The number of hydrogen-bond acceptors (Lipinski definition) is 6. The second kappa shape index (κ2) is 6.74. The first kappa shape index (κ1) is 17.4. The van der Waals surface area contributed by atoms with E-state index in [1.165, 1.54) is 17.5 Å². The number of benzene rings is 1. The maximum atomic E-state index is 5.63. The summed E-state index contributed by atoms with van der Waals surface area (Å²) in [5, 5.41) is 8.85. The van der Waals surface area contributed by atoms with E-state index in [2.05, 4.69) is 46.4 Å². The van der Waals surface area contributed by atoms with Gasteiger partial charge in [-0.1, -0.05) is 6.92 Å². The lowest BCUT2D eigenvalue weighted by atomic mass is 9.99. The summed E-state index contributed by atoms with van der Waals surface area (Å²) in [6, 6.07) is 4.31. The van der Waals surface area contributed by atoms with E-state index in [4.69, 9.17) is 9.72 Å². The van der Waals surface area contributed by atoms with Crippen LogP contribution in [0, 0.1) is 11.8 Å². The Hall–Kier alpha value is -2.67. The second-order valence-corrected chi connectivity index (χ2v) is 8.21. The molecule has 1 fully saturated rings. The van der Waals surface area contributed by atoms with Crippen LogP contribution in [0.3, 0.4) is 0 Å². The highest BCUT2D eigenvalue weighted by molar-refractivity contribution is 5.76. The Bertz CT molecular complexity index is 1030. The number of rotatable bonds is 5. The maximum Gasteiger partial charge on any atom is 0.229 e. The lowest BCUT2D eigenvalue weighted by Gasteiger charge is -2.26. The van der Waals surface area contributed by atoms with Gasteiger partial charge in [0.05, 0.1) is 24.4 Å². The number of nitrogens with zero attached hydrogens (tertiary/aromatic N) is 5. The fourth-order valence-corrected chi connectivity index (χ4v) is 4.05. The van der Waals surface area contributed by atoms with Gasteiger partial charge in [0.15, 0.2) is 5.65 Å². The zero-order chi connectivity index (χ0) is 19.3. The van der Waals surface area contributed by atoms with Crippen LogP contribution in [0.25, 0.3) is 11.0 Å². The van der Waals surface area contributed by atoms with Gasteiger partial charge in [0.25, 0.3) is 0 Å². The van der Waals surface area contributed by atoms with Gasteiger partial charge in [0, 0.05) is 25.8 Å². The fourth-order valence-electron chi connectivity index (χ4n) is 4.05. The molecule has 0 amide bonds. The van der Waals surface area contributed by atoms with Crippen LogP contribution in [-0.4, -0.2) is 45.4 Å². The summed E-state index contributed by atoms with van der Waals surface area (Å²) < 4.78 is 7.64. The van der Waals surface area contributed by atoms with E-state index in [0.29, 0.717) is 11.9 Å². The molecule has 1 aromatic carbocycles. The molecule has 1 aliphatic carbocycles. The number of fused-ring (bicyclic) bond motifs is 2. The minimum absolute atomic E-state index is 0.570. The van der Waals surface area contributed by atoms with Crippen LogP contribution < -0.4 is 10.1 Å². The third-order valence-corrected chi connectivity index (χ3v) is 6.03. The summed E-state index contributed by atoms with van der Waals surface area (Å²) in [5.41, 5.74) is 4.46. The van der Waals surface area contributed by atoms with Crippen molar-refractivity contribution in [2.75, 3.05) is 26.0 Å². The Morgan fingerprint density at radius 2 is 2.11 bits per heavy atom. The molecule has 7 nitrogen and oxygen atoms in total. The fraction of sp³-hybridized carbons (Fsp3) is 0.476. The van der Waals surface area contributed by atoms with Gasteiger partial charge < -0.3 is 15.0 Å². The summed E-state index contributed by atoms with van der Waals surface area (Å²) in [6.45, 7) is 5.24. The van der Waals surface area contributed by atoms with E-state index < -0.39 is 0 Å². The molecule has 0 radical (unpaired) electrons. The molecule has 0 spiro atoms. The number of ether oxygens (including phenoxy) is 1. The zero-order valence-corrected chi connectivity index (χ0v) is 16.6. The Morgan fingerprint density at radius 1 is 1.25 bits per heavy atom. The second-order valence-electron chi connectivity index (χ2n) is 8.21. The Labute approximate surface area is 164 Å². The van der Waals surface area contributed by atoms with E-state index in [9.17, 15) is 0 Å². The molecule has 2 unspecified atom stereocenters. The van der Waals surface area contributed by atoms with Gasteiger partial charge in [-0.2, -0.15) is 10.1 Å². The highest BCUT2D eigenvalue weighted by Gasteiger charge is 2.33. The van der Waals surface area contributed by atoms with Crippen molar-refractivity contribution in [1.29, 1.82) is 0 Å². The van der Waals surface area contributed by atoms with Crippen LogP contribution in [0.4, 0.5) is 11.6 Å². The molecule has 2 atom stereocenters. The monoisotopic (exact) mass is 378 g/mol. The van der Waals surface area contributed by atoms with Crippen molar-refractivity contribution < 1.29 is 4.74 Å². The van der Waals surface area contributed by atoms with Crippen molar-refractivity contribution >= 4 is 22.7 Å². The summed E-state index contributed by atoms with van der Waals surface area (Å²) >= 11 is 0. The number of hydrogen-bond donors (Lipinski definition) is 1. The molecule has 1 aliphatic heterocycles. The van der Waals surface area contributed by atoms with Crippen LogP contribution in [0.15, 0.2) is 24.5 Å². The largest absolute Gasteiger partial charge is 0.495 e. The summed E-state index contributed by atoms with van der Waals surface area (Å²) in [5.74, 6) is 2.90. The molecule has 1 N–H and O–H groups in total. The van der Waals surface area contributed by atoms with Crippen LogP contribution in [0.1, 0.15) is 24.5 Å². The molecule has 3 aromatic rings. The average molecular weight is 378 g/mol. The van der Waals surface area contributed by atoms with Crippen LogP contribution in [-0.2, 0) is 19.5 Å². The number of aromatic nitrogens is 4. The van der Waals surface area contributed by atoms with Crippen molar-refractivity contribution in [2.45, 2.75) is 32.9 Å². The molecule has 5 rings (SSSR count). The summed E-state index contributed by atoms with van der Waals surface area (Å²) in [6.07, 6.45) is 6.01. The first-order valence-corrected chi connectivity index (χ1v) is 9.94. The van der Waals surface area contributed by atoms with Crippen molar-refractivity contribution in [1.82, 2.24) is 24.6 Å². The average Bonchev–Trinajstić information content (AvgIpc) is 3.24. The van der Waals surface area contributed by atoms with E-state index in [-0.39, 0.29) is 0 Å². The molecular weight excluding hydrogens is 352 g/mol. The predicted molar refractivity (Wildman–Crippen MR) is 109 cm³/mol. The lowest BCUT2D eigenvalue weighted by molar-refractivity contribution is 0.312. The molecule has 2 aromatic heterocycles. The summed E-state index contributed by atoms with van der Waals surface area (Å²) in [7, 11) is 3.86. The molecule has 146 valence electrons. The van der Waals surface area contributed by atoms with E-state index in [1.54, 1.807) is 7.11 Å². The zero-order valence-electron chi connectivity index (χ0n) is 16.6. The molecular formula is C21H26N6O. The normalized spacial score (nSPS) is 21.5. The van der Waals surface area contributed by atoms with Gasteiger partial charge in [0.2, 0.25) is 5.95 Å². The molecule has 0 bridgehead atoms. The standard InChI is InChI=1S/C21H26N6O/c1-13-6-15(13)12-27-20-17(10-23-27)9-22-21(25-20)24-18-7-16-11-26(2)5-4-14(16)8-19(18)28-3/h7-10,13,15H,4-6,11-12H2,1-3H3,(H,22,24,25). The van der Waals surface area contributed by atoms with Crippen LogP contribution in [0.5, 0.6) is 5.75 Å². The van der Waals surface area contributed by atoms with Gasteiger partial charge >= 0.3 is 0 Å². The van der Waals surface area contributed by atoms with E-state index in [0.717, 1.165) is 54.4 Å². The number of anilines is 2. The lowest BCUT2D eigenvalue weighted by Crippen LogP contribution is -2.26. The number of nitrogens with one attached hydrogen (secondary N) is 1. The van der Waals surface area contributed by atoms with Gasteiger partial charge in [-0.25, -0.2) is 9.67 Å².